The van der Waals surface area contributed by atoms with Crippen molar-refractivity contribution in [3.63, 3.8) is 0 Å². The number of amides is 2. The Morgan fingerprint density at radius 1 is 1.04 bits per heavy atom. The maximum absolute atomic E-state index is 12.8. The number of hydrogen-bond donors (Lipinski definition) is 0. The number of aryl methyl sites for hydroxylation is 2. The predicted molar refractivity (Wildman–Crippen MR) is 97.8 cm³/mol. The fraction of sp³-hybridized carbons (Fsp3) is 0.333. The van der Waals surface area contributed by atoms with E-state index in [2.05, 4.69) is 26.0 Å². The molecule has 0 spiro atoms. The molecular formula is C21H23NO3. The first-order valence-corrected chi connectivity index (χ1v) is 8.65. The molecule has 0 N–H and O–H groups in total. The van der Waals surface area contributed by atoms with Gasteiger partial charge in [0, 0.05) is 6.42 Å². The number of rotatable bonds is 5. The Balaban J connectivity index is 1.76. The lowest BCUT2D eigenvalue weighted by Crippen LogP contribution is -2.30. The molecule has 1 aliphatic rings. The van der Waals surface area contributed by atoms with Gasteiger partial charge in [-0.05, 0) is 68.1 Å². The number of nitrogens with zero attached hydrogens (tertiary/aromatic N) is 1. The molecule has 0 bridgehead atoms. The number of imide groups is 1. The minimum atomic E-state index is -0.291. The van der Waals surface area contributed by atoms with Crippen LogP contribution in [-0.2, 0) is 16.0 Å². The van der Waals surface area contributed by atoms with Crippen LogP contribution in [-0.4, -0.2) is 18.4 Å². The highest BCUT2D eigenvalue weighted by molar-refractivity contribution is 6.21. The number of hydrogen-bond acceptors (Lipinski definition) is 3. The van der Waals surface area contributed by atoms with E-state index in [1.54, 1.807) is 24.3 Å². The molecule has 1 saturated heterocycles. The van der Waals surface area contributed by atoms with Gasteiger partial charge in [0.05, 0.1) is 18.2 Å². The number of ether oxygens (including phenoxy) is 1. The van der Waals surface area contributed by atoms with Crippen LogP contribution in [0, 0.1) is 19.8 Å². The van der Waals surface area contributed by atoms with Crippen LogP contribution < -0.4 is 9.64 Å². The maximum Gasteiger partial charge on any atom is 0.237 e. The lowest BCUT2D eigenvalue weighted by molar-refractivity contribution is -0.122. The smallest absolute Gasteiger partial charge is 0.237 e. The van der Waals surface area contributed by atoms with Crippen molar-refractivity contribution in [3.8, 4) is 5.75 Å². The van der Waals surface area contributed by atoms with Gasteiger partial charge in [0.15, 0.2) is 0 Å². The van der Waals surface area contributed by atoms with Crippen LogP contribution >= 0.6 is 0 Å². The van der Waals surface area contributed by atoms with Gasteiger partial charge in [-0.2, -0.15) is 0 Å². The van der Waals surface area contributed by atoms with E-state index < -0.39 is 0 Å². The summed E-state index contributed by atoms with van der Waals surface area (Å²) >= 11 is 0. The van der Waals surface area contributed by atoms with Crippen LogP contribution in [0.4, 0.5) is 5.69 Å². The summed E-state index contributed by atoms with van der Waals surface area (Å²) in [4.78, 5) is 26.5. The zero-order valence-corrected chi connectivity index (χ0v) is 14.9. The van der Waals surface area contributed by atoms with Crippen LogP contribution in [0.25, 0.3) is 0 Å². The Kier molecular flexibility index (Phi) is 4.88. The van der Waals surface area contributed by atoms with E-state index in [0.29, 0.717) is 18.7 Å². The van der Waals surface area contributed by atoms with Crippen molar-refractivity contribution >= 4 is 17.5 Å². The average molecular weight is 337 g/mol. The van der Waals surface area contributed by atoms with Gasteiger partial charge in [-0.15, -0.1) is 0 Å². The standard InChI is InChI=1S/C21H23NO3/c1-4-25-19-9-7-18(8-10-19)22-20(23)13-17(21(22)24)12-16-6-5-14(2)15(3)11-16/h5-11,17H,4,12-13H2,1-3H3. The van der Waals surface area contributed by atoms with E-state index in [9.17, 15) is 9.59 Å². The summed E-state index contributed by atoms with van der Waals surface area (Å²) in [6.07, 6.45) is 0.859. The monoisotopic (exact) mass is 337 g/mol. The Bertz CT molecular complexity index is 795. The van der Waals surface area contributed by atoms with Crippen LogP contribution in [0.1, 0.15) is 30.0 Å². The van der Waals surface area contributed by atoms with Gasteiger partial charge in [-0.1, -0.05) is 18.2 Å². The maximum atomic E-state index is 12.8. The molecule has 0 aliphatic carbocycles. The molecule has 2 aromatic rings. The first-order valence-electron chi connectivity index (χ1n) is 8.65. The number of carbonyl (C=O) groups excluding carboxylic acids is 2. The molecule has 1 atom stereocenters. The molecule has 0 aromatic heterocycles. The fourth-order valence-corrected chi connectivity index (χ4v) is 3.20. The van der Waals surface area contributed by atoms with Crippen molar-refractivity contribution in [2.24, 2.45) is 5.92 Å². The molecule has 25 heavy (non-hydrogen) atoms. The van der Waals surface area contributed by atoms with Crippen molar-refractivity contribution < 1.29 is 14.3 Å². The topological polar surface area (TPSA) is 46.6 Å². The molecule has 1 unspecified atom stereocenters. The Labute approximate surface area is 148 Å². The molecule has 2 aromatic carbocycles. The van der Waals surface area contributed by atoms with E-state index in [4.69, 9.17) is 4.74 Å². The highest BCUT2D eigenvalue weighted by Gasteiger charge is 2.39. The van der Waals surface area contributed by atoms with Gasteiger partial charge in [-0.25, -0.2) is 0 Å². The van der Waals surface area contributed by atoms with Gasteiger partial charge in [0.25, 0.3) is 0 Å². The quantitative estimate of drug-likeness (QED) is 0.779. The largest absolute Gasteiger partial charge is 0.494 e. The molecule has 4 heteroatoms. The zero-order valence-electron chi connectivity index (χ0n) is 14.9. The molecule has 3 rings (SSSR count). The van der Waals surface area contributed by atoms with Crippen molar-refractivity contribution in [2.45, 2.75) is 33.6 Å². The van der Waals surface area contributed by atoms with E-state index in [1.165, 1.54) is 16.0 Å². The second kappa shape index (κ2) is 7.09. The lowest BCUT2D eigenvalue weighted by Gasteiger charge is -2.16. The summed E-state index contributed by atoms with van der Waals surface area (Å²) in [6.45, 7) is 6.63. The van der Waals surface area contributed by atoms with Gasteiger partial charge < -0.3 is 4.74 Å². The van der Waals surface area contributed by atoms with Crippen LogP contribution in [0.5, 0.6) is 5.75 Å². The highest BCUT2D eigenvalue weighted by atomic mass is 16.5. The van der Waals surface area contributed by atoms with E-state index in [0.717, 1.165) is 11.3 Å². The molecule has 2 amide bonds. The van der Waals surface area contributed by atoms with Gasteiger partial charge in [0.2, 0.25) is 11.8 Å². The first kappa shape index (κ1) is 17.2. The summed E-state index contributed by atoms with van der Waals surface area (Å²) in [5.41, 5.74) is 4.15. The van der Waals surface area contributed by atoms with Crippen molar-refractivity contribution in [1.82, 2.24) is 0 Å². The molecule has 0 radical (unpaired) electrons. The second-order valence-electron chi connectivity index (χ2n) is 6.52. The van der Waals surface area contributed by atoms with Gasteiger partial charge in [-0.3, -0.25) is 14.5 Å². The minimum absolute atomic E-state index is 0.118. The molecular weight excluding hydrogens is 314 g/mol. The molecule has 0 saturated carbocycles. The third kappa shape index (κ3) is 3.58. The summed E-state index contributed by atoms with van der Waals surface area (Å²) in [6, 6.07) is 13.3. The van der Waals surface area contributed by atoms with Crippen molar-refractivity contribution in [2.75, 3.05) is 11.5 Å². The SMILES string of the molecule is CCOc1ccc(N2C(=O)CC(Cc3ccc(C)c(C)c3)C2=O)cc1. The van der Waals surface area contributed by atoms with E-state index in [-0.39, 0.29) is 24.2 Å². The van der Waals surface area contributed by atoms with Crippen molar-refractivity contribution in [3.05, 3.63) is 59.2 Å². The van der Waals surface area contributed by atoms with Crippen LogP contribution in [0.15, 0.2) is 42.5 Å². The van der Waals surface area contributed by atoms with Crippen LogP contribution in [0.3, 0.4) is 0 Å². The number of anilines is 1. The Morgan fingerprint density at radius 2 is 1.76 bits per heavy atom. The number of carbonyl (C=O) groups is 2. The summed E-state index contributed by atoms with van der Waals surface area (Å²) in [7, 11) is 0. The van der Waals surface area contributed by atoms with Gasteiger partial charge >= 0.3 is 0 Å². The van der Waals surface area contributed by atoms with Crippen LogP contribution in [0.2, 0.25) is 0 Å². The summed E-state index contributed by atoms with van der Waals surface area (Å²) < 4.78 is 5.41. The first-order chi connectivity index (χ1) is 12.0. The van der Waals surface area contributed by atoms with E-state index in [1.807, 2.05) is 13.0 Å². The Morgan fingerprint density at radius 3 is 2.40 bits per heavy atom. The normalized spacial score (nSPS) is 17.2. The predicted octanol–water partition coefficient (Wildman–Crippen LogP) is 3.82. The average Bonchev–Trinajstić information content (AvgIpc) is 2.86. The summed E-state index contributed by atoms with van der Waals surface area (Å²) in [5, 5.41) is 0. The molecule has 1 heterocycles. The highest BCUT2D eigenvalue weighted by Crippen LogP contribution is 2.30. The Hall–Kier alpha value is -2.62. The zero-order chi connectivity index (χ0) is 18.0. The fourth-order valence-electron chi connectivity index (χ4n) is 3.20. The molecule has 130 valence electrons. The molecule has 1 fully saturated rings. The third-order valence-electron chi connectivity index (χ3n) is 4.70. The number of benzene rings is 2. The minimum Gasteiger partial charge on any atom is -0.494 e. The van der Waals surface area contributed by atoms with Crippen molar-refractivity contribution in [1.29, 1.82) is 0 Å². The van der Waals surface area contributed by atoms with Gasteiger partial charge in [0.1, 0.15) is 5.75 Å². The molecule has 1 aliphatic heterocycles. The lowest BCUT2D eigenvalue weighted by atomic mass is 9.95. The summed E-state index contributed by atoms with van der Waals surface area (Å²) in [5.74, 6) is 0.189. The second-order valence-corrected chi connectivity index (χ2v) is 6.52. The third-order valence-corrected chi connectivity index (χ3v) is 4.70. The van der Waals surface area contributed by atoms with E-state index >= 15 is 0 Å². The molecule has 4 nitrogen and oxygen atoms in total.